The first-order valence-corrected chi connectivity index (χ1v) is 5.98. The number of methoxy groups -OCH3 is 1. The average molecular weight is 291 g/mol. The Bertz CT molecular complexity index is 680. The molecule has 110 valence electrons. The van der Waals surface area contributed by atoms with E-state index in [-0.39, 0.29) is 18.0 Å². The van der Waals surface area contributed by atoms with Crippen LogP contribution in [0.3, 0.4) is 0 Å². The maximum absolute atomic E-state index is 11.2. The fourth-order valence-corrected chi connectivity index (χ4v) is 1.74. The van der Waals surface area contributed by atoms with E-state index in [4.69, 9.17) is 4.74 Å². The molecule has 0 saturated carbocycles. The van der Waals surface area contributed by atoms with Gasteiger partial charge in [0, 0.05) is 30.4 Å². The Morgan fingerprint density at radius 1 is 1.48 bits per heavy atom. The van der Waals surface area contributed by atoms with Crippen LogP contribution < -0.4 is 4.74 Å². The molecule has 1 aromatic heterocycles. The number of aryl methyl sites for hydroxylation is 1. The molecule has 0 unspecified atom stereocenters. The molecule has 0 aliphatic rings. The molecule has 21 heavy (non-hydrogen) atoms. The molecule has 0 aliphatic heterocycles. The Hall–Kier alpha value is -2.90. The number of ether oxygens (including phenoxy) is 2. The molecular formula is C13H13N3O5. The quantitative estimate of drug-likeness (QED) is 0.471. The van der Waals surface area contributed by atoms with Crippen molar-refractivity contribution in [3.8, 4) is 16.9 Å². The van der Waals surface area contributed by atoms with E-state index in [1.165, 1.54) is 19.2 Å². The SMILES string of the molecule is COC(=O)COc1cc([N+](=O)[O-])ccc1-c1cnn(C)c1. The van der Waals surface area contributed by atoms with Crippen LogP contribution in [0.1, 0.15) is 0 Å². The Morgan fingerprint density at radius 3 is 2.81 bits per heavy atom. The number of benzene rings is 1. The molecule has 0 radical (unpaired) electrons. The van der Waals surface area contributed by atoms with E-state index in [0.29, 0.717) is 5.56 Å². The lowest BCUT2D eigenvalue weighted by atomic mass is 10.1. The minimum absolute atomic E-state index is 0.123. The van der Waals surface area contributed by atoms with E-state index >= 15 is 0 Å². The van der Waals surface area contributed by atoms with Crippen molar-refractivity contribution in [2.24, 2.45) is 7.05 Å². The number of hydrogen-bond acceptors (Lipinski definition) is 6. The summed E-state index contributed by atoms with van der Waals surface area (Å²) < 4.78 is 11.4. The predicted octanol–water partition coefficient (Wildman–Crippen LogP) is 1.55. The van der Waals surface area contributed by atoms with Crippen LogP contribution in [0.2, 0.25) is 0 Å². The molecule has 0 fully saturated rings. The molecule has 2 aromatic rings. The molecule has 0 aliphatic carbocycles. The summed E-state index contributed by atoms with van der Waals surface area (Å²) in [6, 6.07) is 4.19. The summed E-state index contributed by atoms with van der Waals surface area (Å²) in [5.41, 5.74) is 1.22. The second-order valence-electron chi connectivity index (χ2n) is 4.21. The zero-order valence-electron chi connectivity index (χ0n) is 11.5. The Kier molecular flexibility index (Phi) is 4.17. The second-order valence-corrected chi connectivity index (χ2v) is 4.21. The topological polar surface area (TPSA) is 96.5 Å². The van der Waals surface area contributed by atoms with Gasteiger partial charge in [-0.3, -0.25) is 14.8 Å². The van der Waals surface area contributed by atoms with Crippen LogP contribution >= 0.6 is 0 Å². The van der Waals surface area contributed by atoms with Gasteiger partial charge in [-0.15, -0.1) is 0 Å². The number of aromatic nitrogens is 2. The van der Waals surface area contributed by atoms with Crippen molar-refractivity contribution >= 4 is 11.7 Å². The lowest BCUT2D eigenvalue weighted by Crippen LogP contribution is -2.13. The lowest BCUT2D eigenvalue weighted by molar-refractivity contribution is -0.384. The number of rotatable bonds is 5. The number of non-ortho nitro benzene ring substituents is 1. The first-order chi connectivity index (χ1) is 10.0. The molecule has 0 saturated heterocycles. The smallest absolute Gasteiger partial charge is 0.343 e. The average Bonchev–Trinajstić information content (AvgIpc) is 2.90. The summed E-state index contributed by atoms with van der Waals surface area (Å²) >= 11 is 0. The van der Waals surface area contributed by atoms with Crippen LogP contribution in [0, 0.1) is 10.1 Å². The third-order valence-electron chi connectivity index (χ3n) is 2.77. The maximum Gasteiger partial charge on any atom is 0.343 e. The minimum Gasteiger partial charge on any atom is -0.481 e. The van der Waals surface area contributed by atoms with Gasteiger partial charge in [-0.1, -0.05) is 0 Å². The van der Waals surface area contributed by atoms with Crippen molar-refractivity contribution < 1.29 is 19.2 Å². The van der Waals surface area contributed by atoms with Gasteiger partial charge in [-0.25, -0.2) is 4.79 Å². The van der Waals surface area contributed by atoms with E-state index in [9.17, 15) is 14.9 Å². The summed E-state index contributed by atoms with van der Waals surface area (Å²) in [5, 5.41) is 14.9. The van der Waals surface area contributed by atoms with Crippen LogP contribution in [-0.2, 0) is 16.6 Å². The van der Waals surface area contributed by atoms with Crippen LogP contribution in [-0.4, -0.2) is 34.4 Å². The molecule has 0 N–H and O–H groups in total. The van der Waals surface area contributed by atoms with Gasteiger partial charge in [-0.05, 0) is 6.07 Å². The predicted molar refractivity (Wildman–Crippen MR) is 72.8 cm³/mol. The van der Waals surface area contributed by atoms with E-state index < -0.39 is 10.9 Å². The molecule has 1 aromatic carbocycles. The molecule has 8 nitrogen and oxygen atoms in total. The van der Waals surface area contributed by atoms with Crippen LogP contribution in [0.15, 0.2) is 30.6 Å². The van der Waals surface area contributed by atoms with E-state index in [1.807, 2.05) is 0 Å². The van der Waals surface area contributed by atoms with E-state index in [2.05, 4.69) is 9.84 Å². The summed E-state index contributed by atoms with van der Waals surface area (Å²) in [7, 11) is 2.99. The van der Waals surface area contributed by atoms with Gasteiger partial charge in [0.25, 0.3) is 5.69 Å². The molecule has 8 heteroatoms. The van der Waals surface area contributed by atoms with Gasteiger partial charge in [0.1, 0.15) is 5.75 Å². The number of carbonyl (C=O) groups is 1. The standard InChI is InChI=1S/C13H13N3O5/c1-15-7-9(6-14-15)11-4-3-10(16(18)19)5-12(11)21-8-13(17)20-2/h3-7H,8H2,1-2H3. The minimum atomic E-state index is -0.571. The van der Waals surface area contributed by atoms with Gasteiger partial charge in [-0.2, -0.15) is 5.10 Å². The third kappa shape index (κ3) is 3.35. The van der Waals surface area contributed by atoms with Crippen molar-refractivity contribution in [3.05, 3.63) is 40.7 Å². The molecule has 0 spiro atoms. The van der Waals surface area contributed by atoms with E-state index in [0.717, 1.165) is 5.56 Å². The zero-order valence-corrected chi connectivity index (χ0v) is 11.5. The van der Waals surface area contributed by atoms with Crippen molar-refractivity contribution in [1.29, 1.82) is 0 Å². The number of carbonyl (C=O) groups excluding carboxylic acids is 1. The fourth-order valence-electron chi connectivity index (χ4n) is 1.74. The fraction of sp³-hybridized carbons (Fsp3) is 0.231. The van der Waals surface area contributed by atoms with Gasteiger partial charge < -0.3 is 9.47 Å². The van der Waals surface area contributed by atoms with Crippen molar-refractivity contribution in [1.82, 2.24) is 9.78 Å². The molecule has 0 atom stereocenters. The number of esters is 1. The van der Waals surface area contributed by atoms with Gasteiger partial charge >= 0.3 is 5.97 Å². The highest BCUT2D eigenvalue weighted by Crippen LogP contribution is 2.33. The Morgan fingerprint density at radius 2 is 2.24 bits per heavy atom. The highest BCUT2D eigenvalue weighted by atomic mass is 16.6. The number of nitro benzene ring substituents is 1. The Balaban J connectivity index is 2.38. The maximum atomic E-state index is 11.2. The van der Waals surface area contributed by atoms with Crippen LogP contribution in [0.5, 0.6) is 5.75 Å². The number of nitro groups is 1. The monoisotopic (exact) mass is 291 g/mol. The molecular weight excluding hydrogens is 278 g/mol. The highest BCUT2D eigenvalue weighted by Gasteiger charge is 2.15. The van der Waals surface area contributed by atoms with E-state index in [1.54, 1.807) is 30.2 Å². The Labute approximate surface area is 120 Å². The zero-order chi connectivity index (χ0) is 15.4. The van der Waals surface area contributed by atoms with Crippen molar-refractivity contribution in [2.45, 2.75) is 0 Å². The highest BCUT2D eigenvalue weighted by molar-refractivity contribution is 5.74. The summed E-state index contributed by atoms with van der Waals surface area (Å²) in [4.78, 5) is 21.5. The molecule has 0 bridgehead atoms. The third-order valence-corrected chi connectivity index (χ3v) is 2.77. The number of nitrogens with zero attached hydrogens (tertiary/aromatic N) is 3. The van der Waals surface area contributed by atoms with Gasteiger partial charge in [0.15, 0.2) is 6.61 Å². The first kappa shape index (κ1) is 14.5. The van der Waals surface area contributed by atoms with Gasteiger partial charge in [0.2, 0.25) is 0 Å². The summed E-state index contributed by atoms with van der Waals surface area (Å²) in [6.07, 6.45) is 3.35. The van der Waals surface area contributed by atoms with Crippen molar-refractivity contribution in [3.63, 3.8) is 0 Å². The molecule has 0 amide bonds. The van der Waals surface area contributed by atoms with Crippen LogP contribution in [0.4, 0.5) is 5.69 Å². The molecule has 2 rings (SSSR count). The normalized spacial score (nSPS) is 10.2. The lowest BCUT2D eigenvalue weighted by Gasteiger charge is -2.09. The van der Waals surface area contributed by atoms with Crippen LogP contribution in [0.25, 0.3) is 11.1 Å². The van der Waals surface area contributed by atoms with Crippen molar-refractivity contribution in [2.75, 3.05) is 13.7 Å². The van der Waals surface area contributed by atoms with Gasteiger partial charge in [0.05, 0.1) is 24.3 Å². The first-order valence-electron chi connectivity index (χ1n) is 5.98. The molecule has 1 heterocycles. The second kappa shape index (κ2) is 6.04. The number of hydrogen-bond donors (Lipinski definition) is 0. The largest absolute Gasteiger partial charge is 0.481 e. The summed E-state index contributed by atoms with van der Waals surface area (Å²) in [6.45, 7) is -0.328. The summed E-state index contributed by atoms with van der Waals surface area (Å²) in [5.74, 6) is -0.346.